The Bertz CT molecular complexity index is 295. The molecule has 2 N–H and O–H groups in total. The number of nitrogens with zero attached hydrogens (tertiary/aromatic N) is 1. The molecule has 0 aliphatic heterocycles. The van der Waals surface area contributed by atoms with Gasteiger partial charge >= 0.3 is 0 Å². The lowest BCUT2D eigenvalue weighted by molar-refractivity contribution is 0.295. The predicted molar refractivity (Wildman–Crippen MR) is 64.7 cm³/mol. The maximum Gasteiger partial charge on any atom is 0.0449 e. The Morgan fingerprint density at radius 1 is 1.29 bits per heavy atom. The summed E-state index contributed by atoms with van der Waals surface area (Å²) >= 11 is 4.30. The van der Waals surface area contributed by atoms with Gasteiger partial charge in [0.2, 0.25) is 0 Å². The minimum atomic E-state index is 0.747. The smallest absolute Gasteiger partial charge is 0.0449 e. The minimum Gasteiger partial charge on any atom is -0.398 e. The van der Waals surface area contributed by atoms with Crippen LogP contribution in [0.2, 0.25) is 0 Å². The van der Waals surface area contributed by atoms with Crippen molar-refractivity contribution in [1.82, 2.24) is 4.90 Å². The van der Waals surface area contributed by atoms with Gasteiger partial charge in [0.25, 0.3) is 0 Å². The second-order valence-electron chi connectivity index (χ2n) is 3.35. The van der Waals surface area contributed by atoms with Gasteiger partial charge in [0.1, 0.15) is 0 Å². The first-order valence-corrected chi connectivity index (χ1v) is 5.41. The first-order valence-electron chi connectivity index (χ1n) is 4.97. The summed E-state index contributed by atoms with van der Waals surface area (Å²) in [5.74, 6) is 0. The number of nitrogen functional groups attached to an aromatic ring is 1. The van der Waals surface area contributed by atoms with Crippen LogP contribution in [0.25, 0.3) is 0 Å². The van der Waals surface area contributed by atoms with Crippen LogP contribution in [0.15, 0.2) is 23.1 Å². The zero-order valence-corrected chi connectivity index (χ0v) is 9.72. The van der Waals surface area contributed by atoms with Crippen LogP contribution in [0.5, 0.6) is 0 Å². The van der Waals surface area contributed by atoms with E-state index < -0.39 is 0 Å². The van der Waals surface area contributed by atoms with Crippen molar-refractivity contribution in [3.63, 3.8) is 0 Å². The molecule has 1 aromatic carbocycles. The minimum absolute atomic E-state index is 0.747. The number of benzene rings is 1. The maximum absolute atomic E-state index is 5.69. The molecule has 0 fully saturated rings. The summed E-state index contributed by atoms with van der Waals surface area (Å²) < 4.78 is 0. The lowest BCUT2D eigenvalue weighted by Gasteiger charge is -2.18. The third kappa shape index (κ3) is 2.93. The van der Waals surface area contributed by atoms with E-state index in [4.69, 9.17) is 5.73 Å². The van der Waals surface area contributed by atoms with Gasteiger partial charge < -0.3 is 5.73 Å². The predicted octanol–water partition coefficient (Wildman–Crippen LogP) is 2.40. The zero-order valence-electron chi connectivity index (χ0n) is 8.83. The second kappa shape index (κ2) is 5.27. The molecule has 3 heteroatoms. The van der Waals surface area contributed by atoms with Crippen LogP contribution in [0.1, 0.15) is 19.4 Å². The van der Waals surface area contributed by atoms with Crippen molar-refractivity contribution >= 4 is 18.3 Å². The summed E-state index contributed by atoms with van der Waals surface area (Å²) in [6.07, 6.45) is 0. The van der Waals surface area contributed by atoms with Crippen molar-refractivity contribution in [2.75, 3.05) is 18.8 Å². The molecular weight excluding hydrogens is 192 g/mol. The fourth-order valence-corrected chi connectivity index (χ4v) is 1.63. The topological polar surface area (TPSA) is 29.3 Å². The first-order chi connectivity index (χ1) is 6.67. The van der Waals surface area contributed by atoms with Crippen LogP contribution >= 0.6 is 12.6 Å². The Balaban J connectivity index is 2.72. The van der Waals surface area contributed by atoms with Gasteiger partial charge in [0, 0.05) is 17.1 Å². The van der Waals surface area contributed by atoms with Crippen LogP contribution < -0.4 is 5.73 Å². The third-order valence-corrected chi connectivity index (χ3v) is 2.78. The molecule has 0 atom stereocenters. The highest BCUT2D eigenvalue weighted by molar-refractivity contribution is 7.80. The molecule has 1 aromatic rings. The van der Waals surface area contributed by atoms with E-state index >= 15 is 0 Å². The fraction of sp³-hybridized carbons (Fsp3) is 0.455. The van der Waals surface area contributed by atoms with E-state index in [0.29, 0.717) is 0 Å². The van der Waals surface area contributed by atoms with Crippen LogP contribution in [0, 0.1) is 0 Å². The molecule has 0 amide bonds. The van der Waals surface area contributed by atoms with Crippen LogP contribution in [-0.2, 0) is 6.54 Å². The highest BCUT2D eigenvalue weighted by atomic mass is 32.1. The summed E-state index contributed by atoms with van der Waals surface area (Å²) in [5.41, 5.74) is 7.71. The van der Waals surface area contributed by atoms with Crippen molar-refractivity contribution in [2.24, 2.45) is 0 Å². The van der Waals surface area contributed by atoms with Crippen molar-refractivity contribution in [3.8, 4) is 0 Å². The number of nitrogens with two attached hydrogens (primary N) is 1. The summed E-state index contributed by atoms with van der Waals surface area (Å²) in [5, 5.41) is 0. The van der Waals surface area contributed by atoms with Gasteiger partial charge in [-0.1, -0.05) is 19.9 Å². The SMILES string of the molecule is CCN(CC)Cc1ccc(N)c(S)c1. The fourth-order valence-electron chi connectivity index (χ4n) is 1.39. The van der Waals surface area contributed by atoms with E-state index in [2.05, 4.69) is 37.4 Å². The molecule has 0 aliphatic carbocycles. The Morgan fingerprint density at radius 2 is 1.93 bits per heavy atom. The van der Waals surface area contributed by atoms with Crippen molar-refractivity contribution in [1.29, 1.82) is 0 Å². The van der Waals surface area contributed by atoms with Crippen LogP contribution in [-0.4, -0.2) is 18.0 Å². The molecule has 0 bridgehead atoms. The van der Waals surface area contributed by atoms with Gasteiger partial charge in [0.05, 0.1) is 0 Å². The molecule has 0 radical (unpaired) electrons. The Labute approximate surface area is 91.5 Å². The van der Waals surface area contributed by atoms with Gasteiger partial charge in [-0.25, -0.2) is 0 Å². The quantitative estimate of drug-likeness (QED) is 0.590. The number of anilines is 1. The van der Waals surface area contributed by atoms with Crippen LogP contribution in [0.4, 0.5) is 5.69 Å². The largest absolute Gasteiger partial charge is 0.398 e. The van der Waals surface area contributed by atoms with Crippen molar-refractivity contribution < 1.29 is 0 Å². The van der Waals surface area contributed by atoms with E-state index in [-0.39, 0.29) is 0 Å². The van der Waals surface area contributed by atoms with E-state index in [1.165, 1.54) is 5.56 Å². The highest BCUT2D eigenvalue weighted by Gasteiger charge is 2.02. The maximum atomic E-state index is 5.69. The second-order valence-corrected chi connectivity index (χ2v) is 3.84. The van der Waals surface area contributed by atoms with Crippen molar-refractivity contribution in [3.05, 3.63) is 23.8 Å². The van der Waals surface area contributed by atoms with E-state index in [0.717, 1.165) is 30.2 Å². The lowest BCUT2D eigenvalue weighted by Crippen LogP contribution is -2.22. The van der Waals surface area contributed by atoms with Gasteiger partial charge in [-0.3, -0.25) is 4.90 Å². The average Bonchev–Trinajstić information content (AvgIpc) is 2.19. The summed E-state index contributed by atoms with van der Waals surface area (Å²) in [6, 6.07) is 6.02. The molecule has 0 unspecified atom stereocenters. The summed E-state index contributed by atoms with van der Waals surface area (Å²) in [4.78, 5) is 3.23. The van der Waals surface area contributed by atoms with Gasteiger partial charge in [-0.15, -0.1) is 12.6 Å². The molecule has 0 spiro atoms. The Kier molecular flexibility index (Phi) is 4.29. The van der Waals surface area contributed by atoms with Gasteiger partial charge in [-0.2, -0.15) is 0 Å². The molecule has 78 valence electrons. The molecule has 14 heavy (non-hydrogen) atoms. The zero-order chi connectivity index (χ0) is 10.6. The summed E-state index contributed by atoms with van der Waals surface area (Å²) in [7, 11) is 0. The molecule has 1 rings (SSSR count). The first kappa shape index (κ1) is 11.4. The lowest BCUT2D eigenvalue weighted by atomic mass is 10.2. The standard InChI is InChI=1S/C11H18N2S/c1-3-13(4-2)8-9-5-6-10(12)11(14)7-9/h5-7,14H,3-4,8,12H2,1-2H3. The summed E-state index contributed by atoms with van der Waals surface area (Å²) in [6.45, 7) is 7.46. The Hall–Kier alpha value is -0.670. The Morgan fingerprint density at radius 3 is 2.43 bits per heavy atom. The average molecular weight is 210 g/mol. The molecule has 0 aromatic heterocycles. The number of hydrogen-bond acceptors (Lipinski definition) is 3. The number of thiol groups is 1. The third-order valence-electron chi connectivity index (χ3n) is 2.40. The van der Waals surface area contributed by atoms with E-state index in [1.807, 2.05) is 12.1 Å². The molecular formula is C11H18N2S. The number of rotatable bonds is 4. The van der Waals surface area contributed by atoms with Crippen LogP contribution in [0.3, 0.4) is 0 Å². The molecule has 2 nitrogen and oxygen atoms in total. The molecule has 0 aliphatic rings. The normalized spacial score (nSPS) is 10.9. The van der Waals surface area contributed by atoms with E-state index in [9.17, 15) is 0 Å². The highest BCUT2D eigenvalue weighted by Crippen LogP contribution is 2.18. The molecule has 0 heterocycles. The molecule has 0 saturated heterocycles. The van der Waals surface area contributed by atoms with Gasteiger partial charge in [-0.05, 0) is 30.8 Å². The number of hydrogen-bond donors (Lipinski definition) is 2. The van der Waals surface area contributed by atoms with Gasteiger partial charge in [0.15, 0.2) is 0 Å². The van der Waals surface area contributed by atoms with Crippen molar-refractivity contribution in [2.45, 2.75) is 25.3 Å². The molecule has 0 saturated carbocycles. The van der Waals surface area contributed by atoms with E-state index in [1.54, 1.807) is 0 Å². The monoisotopic (exact) mass is 210 g/mol.